The van der Waals surface area contributed by atoms with E-state index in [0.29, 0.717) is 12.2 Å². The highest BCUT2D eigenvalue weighted by molar-refractivity contribution is 5.98. The van der Waals surface area contributed by atoms with Crippen LogP contribution in [0.1, 0.15) is 17.0 Å². The number of anilines is 2. The molecule has 0 spiro atoms. The number of nitrogens with one attached hydrogen (secondary N) is 2. The first-order valence-electron chi connectivity index (χ1n) is 6.26. The van der Waals surface area contributed by atoms with E-state index in [1.807, 2.05) is 38.1 Å². The summed E-state index contributed by atoms with van der Waals surface area (Å²) in [6, 6.07) is 8.81. The van der Waals surface area contributed by atoms with Gasteiger partial charge < -0.3 is 11.1 Å². The Kier molecular flexibility index (Phi) is 4.27. The van der Waals surface area contributed by atoms with Crippen LogP contribution in [0.25, 0.3) is 0 Å². The third-order valence-corrected chi connectivity index (χ3v) is 2.63. The van der Waals surface area contributed by atoms with E-state index in [1.165, 1.54) is 0 Å². The molecular formula is C14H17N5O. The topological polar surface area (TPSA) is 92.9 Å². The summed E-state index contributed by atoms with van der Waals surface area (Å²) in [4.78, 5) is 20.2. The molecular weight excluding hydrogens is 254 g/mol. The van der Waals surface area contributed by atoms with Crippen molar-refractivity contribution in [3.63, 3.8) is 0 Å². The molecule has 1 heterocycles. The molecule has 0 atom stereocenters. The SMILES string of the molecule is Cc1cc(C)nc(NC(=O)Nc2cccc(CN)c2)n1. The summed E-state index contributed by atoms with van der Waals surface area (Å²) in [5.74, 6) is 0.287. The summed E-state index contributed by atoms with van der Waals surface area (Å²) in [6.45, 7) is 4.13. The fourth-order valence-electron chi connectivity index (χ4n) is 1.82. The highest BCUT2D eigenvalue weighted by Crippen LogP contribution is 2.11. The van der Waals surface area contributed by atoms with Crippen molar-refractivity contribution in [3.05, 3.63) is 47.3 Å². The van der Waals surface area contributed by atoms with Gasteiger partial charge in [-0.1, -0.05) is 12.1 Å². The fourth-order valence-corrected chi connectivity index (χ4v) is 1.82. The molecule has 0 saturated heterocycles. The van der Waals surface area contributed by atoms with E-state index in [2.05, 4.69) is 20.6 Å². The molecule has 20 heavy (non-hydrogen) atoms. The zero-order valence-corrected chi connectivity index (χ0v) is 11.5. The van der Waals surface area contributed by atoms with Crippen molar-refractivity contribution in [2.24, 2.45) is 5.73 Å². The second-order valence-electron chi connectivity index (χ2n) is 4.46. The number of nitrogens with zero attached hydrogens (tertiary/aromatic N) is 2. The number of nitrogens with two attached hydrogens (primary N) is 1. The molecule has 104 valence electrons. The number of aromatic nitrogens is 2. The maximum atomic E-state index is 11.9. The molecule has 4 N–H and O–H groups in total. The molecule has 0 bridgehead atoms. The van der Waals surface area contributed by atoms with Crippen LogP contribution < -0.4 is 16.4 Å². The van der Waals surface area contributed by atoms with E-state index in [4.69, 9.17) is 5.73 Å². The van der Waals surface area contributed by atoms with Crippen molar-refractivity contribution >= 4 is 17.7 Å². The van der Waals surface area contributed by atoms with Gasteiger partial charge in [-0.3, -0.25) is 5.32 Å². The maximum Gasteiger partial charge on any atom is 0.326 e. The minimum Gasteiger partial charge on any atom is -0.326 e. The summed E-state index contributed by atoms with van der Waals surface area (Å²) in [6.07, 6.45) is 0. The monoisotopic (exact) mass is 271 g/mol. The van der Waals surface area contributed by atoms with E-state index in [1.54, 1.807) is 6.07 Å². The quantitative estimate of drug-likeness (QED) is 0.797. The van der Waals surface area contributed by atoms with E-state index in [9.17, 15) is 4.79 Å². The summed E-state index contributed by atoms with van der Waals surface area (Å²) >= 11 is 0. The molecule has 6 heteroatoms. The lowest BCUT2D eigenvalue weighted by molar-refractivity contribution is 0.262. The van der Waals surface area contributed by atoms with Crippen LogP contribution in [0.4, 0.5) is 16.4 Å². The number of carbonyl (C=O) groups excluding carboxylic acids is 1. The molecule has 2 rings (SSSR count). The molecule has 0 saturated carbocycles. The van der Waals surface area contributed by atoms with Crippen LogP contribution in [-0.4, -0.2) is 16.0 Å². The number of aryl methyl sites for hydroxylation is 2. The molecule has 0 unspecified atom stereocenters. The minimum absolute atomic E-state index is 0.287. The molecule has 0 aliphatic carbocycles. The van der Waals surface area contributed by atoms with Crippen LogP contribution in [0.15, 0.2) is 30.3 Å². The smallest absolute Gasteiger partial charge is 0.326 e. The molecule has 0 aliphatic heterocycles. The Morgan fingerprint density at radius 1 is 1.15 bits per heavy atom. The first kappa shape index (κ1) is 14.0. The second kappa shape index (κ2) is 6.12. The van der Waals surface area contributed by atoms with Crippen molar-refractivity contribution < 1.29 is 4.79 Å². The van der Waals surface area contributed by atoms with Crippen LogP contribution in [0.3, 0.4) is 0 Å². The molecule has 0 aliphatic rings. The molecule has 6 nitrogen and oxygen atoms in total. The van der Waals surface area contributed by atoms with Gasteiger partial charge in [-0.2, -0.15) is 0 Å². The number of rotatable bonds is 3. The van der Waals surface area contributed by atoms with Gasteiger partial charge in [0.25, 0.3) is 0 Å². The van der Waals surface area contributed by atoms with Crippen LogP contribution >= 0.6 is 0 Å². The lowest BCUT2D eigenvalue weighted by Gasteiger charge is -2.08. The Labute approximate surface area is 117 Å². The first-order chi connectivity index (χ1) is 9.56. The van der Waals surface area contributed by atoms with Gasteiger partial charge in [-0.25, -0.2) is 14.8 Å². The zero-order chi connectivity index (χ0) is 14.5. The average Bonchev–Trinajstić information content (AvgIpc) is 2.37. The Hall–Kier alpha value is -2.47. The number of carbonyl (C=O) groups is 1. The lowest BCUT2D eigenvalue weighted by atomic mass is 10.2. The molecule has 2 aromatic rings. The Bertz CT molecular complexity index is 606. The van der Waals surface area contributed by atoms with E-state index in [-0.39, 0.29) is 12.0 Å². The van der Waals surface area contributed by atoms with Crippen molar-refractivity contribution in [3.8, 4) is 0 Å². The summed E-state index contributed by atoms with van der Waals surface area (Å²) in [5.41, 5.74) is 8.79. The lowest BCUT2D eigenvalue weighted by Crippen LogP contribution is -2.21. The molecule has 1 aromatic carbocycles. The van der Waals surface area contributed by atoms with Gasteiger partial charge in [0.15, 0.2) is 0 Å². The largest absolute Gasteiger partial charge is 0.326 e. The van der Waals surface area contributed by atoms with Crippen LogP contribution in [0.2, 0.25) is 0 Å². The normalized spacial score (nSPS) is 10.2. The van der Waals surface area contributed by atoms with E-state index in [0.717, 1.165) is 17.0 Å². The predicted molar refractivity (Wildman–Crippen MR) is 78.5 cm³/mol. The molecule has 1 aromatic heterocycles. The highest BCUT2D eigenvalue weighted by atomic mass is 16.2. The summed E-state index contributed by atoms with van der Waals surface area (Å²) in [7, 11) is 0. The number of benzene rings is 1. The van der Waals surface area contributed by atoms with Gasteiger partial charge in [0, 0.05) is 23.6 Å². The number of amides is 2. The Morgan fingerprint density at radius 3 is 2.50 bits per heavy atom. The zero-order valence-electron chi connectivity index (χ0n) is 11.5. The number of hydrogen-bond acceptors (Lipinski definition) is 4. The first-order valence-corrected chi connectivity index (χ1v) is 6.26. The second-order valence-corrected chi connectivity index (χ2v) is 4.46. The van der Waals surface area contributed by atoms with Crippen molar-refractivity contribution in [2.75, 3.05) is 10.6 Å². The van der Waals surface area contributed by atoms with E-state index < -0.39 is 0 Å². The standard InChI is InChI=1S/C14H17N5O/c1-9-6-10(2)17-13(16-9)19-14(20)18-12-5-3-4-11(7-12)8-15/h3-7H,8,15H2,1-2H3,(H2,16,17,18,19,20). The third kappa shape index (κ3) is 3.76. The molecule has 2 amide bonds. The van der Waals surface area contributed by atoms with Crippen LogP contribution in [-0.2, 0) is 6.54 Å². The van der Waals surface area contributed by atoms with Crippen molar-refractivity contribution in [2.45, 2.75) is 20.4 Å². The van der Waals surface area contributed by atoms with Gasteiger partial charge in [0.2, 0.25) is 5.95 Å². The Balaban J connectivity index is 2.04. The average molecular weight is 271 g/mol. The third-order valence-electron chi connectivity index (χ3n) is 2.63. The van der Waals surface area contributed by atoms with Crippen molar-refractivity contribution in [1.29, 1.82) is 0 Å². The summed E-state index contributed by atoms with van der Waals surface area (Å²) in [5, 5.41) is 5.32. The van der Waals surface area contributed by atoms with Crippen LogP contribution in [0, 0.1) is 13.8 Å². The molecule has 0 radical (unpaired) electrons. The minimum atomic E-state index is -0.385. The van der Waals surface area contributed by atoms with E-state index >= 15 is 0 Å². The Morgan fingerprint density at radius 2 is 1.85 bits per heavy atom. The maximum absolute atomic E-state index is 11.9. The van der Waals surface area contributed by atoms with Crippen LogP contribution in [0.5, 0.6) is 0 Å². The fraction of sp³-hybridized carbons (Fsp3) is 0.214. The van der Waals surface area contributed by atoms with Crippen molar-refractivity contribution in [1.82, 2.24) is 9.97 Å². The number of hydrogen-bond donors (Lipinski definition) is 3. The summed E-state index contributed by atoms with van der Waals surface area (Å²) < 4.78 is 0. The van der Waals surface area contributed by atoms with Gasteiger partial charge in [0.1, 0.15) is 0 Å². The highest BCUT2D eigenvalue weighted by Gasteiger charge is 2.06. The van der Waals surface area contributed by atoms with Gasteiger partial charge >= 0.3 is 6.03 Å². The van der Waals surface area contributed by atoms with Gasteiger partial charge in [-0.05, 0) is 37.6 Å². The van der Waals surface area contributed by atoms with Gasteiger partial charge in [-0.15, -0.1) is 0 Å². The van der Waals surface area contributed by atoms with Gasteiger partial charge in [0.05, 0.1) is 0 Å². The predicted octanol–water partition coefficient (Wildman–Crippen LogP) is 2.20. The molecule has 0 fully saturated rings. The number of urea groups is 1.